The third-order valence-corrected chi connectivity index (χ3v) is 3.75. The quantitative estimate of drug-likeness (QED) is 0.816. The fourth-order valence-corrected chi connectivity index (χ4v) is 2.14. The Hall–Kier alpha value is -1.37. The standard InChI is InChI=1S/C12H10BrClN2O3/c13-8-5-7(1-2-9(8)14)15-10-6-11(18)16(3-4-17)12(10)19/h1-2,5-6,15,17H,3-4H2. The van der Waals surface area contributed by atoms with Crippen LogP contribution in [0.4, 0.5) is 5.69 Å². The van der Waals surface area contributed by atoms with Crippen molar-refractivity contribution in [3.63, 3.8) is 0 Å². The molecule has 0 radical (unpaired) electrons. The SMILES string of the molecule is O=C1C=C(Nc2ccc(Cl)c(Br)c2)C(=O)N1CCO. The van der Waals surface area contributed by atoms with Gasteiger partial charge in [-0.3, -0.25) is 14.5 Å². The van der Waals surface area contributed by atoms with Crippen LogP contribution in [0.25, 0.3) is 0 Å². The van der Waals surface area contributed by atoms with Gasteiger partial charge in [0.25, 0.3) is 11.8 Å². The molecule has 0 aromatic heterocycles. The van der Waals surface area contributed by atoms with E-state index in [4.69, 9.17) is 16.7 Å². The lowest BCUT2D eigenvalue weighted by Gasteiger charge is -2.13. The summed E-state index contributed by atoms with van der Waals surface area (Å²) >= 11 is 9.14. The van der Waals surface area contributed by atoms with Crippen molar-refractivity contribution in [1.29, 1.82) is 0 Å². The van der Waals surface area contributed by atoms with Crippen molar-refractivity contribution >= 4 is 45.0 Å². The maximum atomic E-state index is 11.9. The van der Waals surface area contributed by atoms with Crippen LogP contribution in [0.5, 0.6) is 0 Å². The number of imide groups is 1. The van der Waals surface area contributed by atoms with Gasteiger partial charge in [-0.05, 0) is 34.1 Å². The number of rotatable bonds is 4. The number of carbonyl (C=O) groups excluding carboxylic acids is 2. The van der Waals surface area contributed by atoms with Gasteiger partial charge in [-0.1, -0.05) is 11.6 Å². The second kappa shape index (κ2) is 5.73. The number of anilines is 1. The van der Waals surface area contributed by atoms with Crippen molar-refractivity contribution < 1.29 is 14.7 Å². The molecule has 2 rings (SSSR count). The highest BCUT2D eigenvalue weighted by atomic mass is 79.9. The minimum Gasteiger partial charge on any atom is -0.395 e. The zero-order valence-corrected chi connectivity index (χ0v) is 12.0. The highest BCUT2D eigenvalue weighted by Gasteiger charge is 2.30. The summed E-state index contributed by atoms with van der Waals surface area (Å²) in [6, 6.07) is 5.07. The molecule has 19 heavy (non-hydrogen) atoms. The van der Waals surface area contributed by atoms with Gasteiger partial charge in [0.1, 0.15) is 5.70 Å². The molecule has 1 aliphatic rings. The number of aliphatic hydroxyl groups is 1. The number of hydrogen-bond acceptors (Lipinski definition) is 4. The van der Waals surface area contributed by atoms with Crippen molar-refractivity contribution in [3.05, 3.63) is 39.5 Å². The topological polar surface area (TPSA) is 69.6 Å². The average Bonchev–Trinajstić information content (AvgIpc) is 2.62. The fraction of sp³-hybridized carbons (Fsp3) is 0.167. The molecular weight excluding hydrogens is 336 g/mol. The molecule has 0 saturated carbocycles. The third-order valence-electron chi connectivity index (χ3n) is 2.53. The lowest BCUT2D eigenvalue weighted by molar-refractivity contribution is -0.137. The largest absolute Gasteiger partial charge is 0.395 e. The molecule has 0 atom stereocenters. The van der Waals surface area contributed by atoms with Gasteiger partial charge in [0, 0.05) is 16.2 Å². The van der Waals surface area contributed by atoms with Gasteiger partial charge in [-0.2, -0.15) is 0 Å². The Balaban J connectivity index is 2.16. The summed E-state index contributed by atoms with van der Waals surface area (Å²) in [7, 11) is 0. The number of halogens is 2. The molecule has 0 fully saturated rings. The number of β-amino-alcohol motifs (C(OH)–C–C–N with tert-alkyl or cyclic N) is 1. The van der Waals surface area contributed by atoms with E-state index in [9.17, 15) is 9.59 Å². The first-order valence-electron chi connectivity index (χ1n) is 5.43. The van der Waals surface area contributed by atoms with Crippen LogP contribution in [-0.4, -0.2) is 35.0 Å². The fourth-order valence-electron chi connectivity index (χ4n) is 1.64. The van der Waals surface area contributed by atoms with Crippen molar-refractivity contribution in [2.24, 2.45) is 0 Å². The van der Waals surface area contributed by atoms with Crippen LogP contribution in [0.3, 0.4) is 0 Å². The minimum absolute atomic E-state index is 0.0103. The van der Waals surface area contributed by atoms with Gasteiger partial charge < -0.3 is 10.4 Å². The van der Waals surface area contributed by atoms with Crippen LogP contribution in [0.1, 0.15) is 0 Å². The summed E-state index contributed by atoms with van der Waals surface area (Å²) < 4.78 is 0.684. The molecule has 0 bridgehead atoms. The van der Waals surface area contributed by atoms with E-state index in [1.54, 1.807) is 18.2 Å². The number of hydrogen-bond donors (Lipinski definition) is 2. The molecule has 0 aliphatic carbocycles. The van der Waals surface area contributed by atoms with Gasteiger partial charge >= 0.3 is 0 Å². The Bertz CT molecular complexity index is 574. The number of nitrogens with one attached hydrogen (secondary N) is 1. The maximum absolute atomic E-state index is 11.9. The monoisotopic (exact) mass is 344 g/mol. The Labute approximate surface area is 123 Å². The normalized spacial score (nSPS) is 14.9. The Kier molecular flexibility index (Phi) is 4.24. The average molecular weight is 346 g/mol. The lowest BCUT2D eigenvalue weighted by Crippen LogP contribution is -2.34. The molecule has 1 aliphatic heterocycles. The van der Waals surface area contributed by atoms with E-state index in [1.165, 1.54) is 6.08 Å². The number of aliphatic hydroxyl groups excluding tert-OH is 1. The van der Waals surface area contributed by atoms with Crippen LogP contribution < -0.4 is 5.32 Å². The van der Waals surface area contributed by atoms with E-state index in [0.717, 1.165) is 4.90 Å². The summed E-state index contributed by atoms with van der Waals surface area (Å²) in [5, 5.41) is 12.2. The van der Waals surface area contributed by atoms with Crippen molar-refractivity contribution in [3.8, 4) is 0 Å². The summed E-state index contributed by atoms with van der Waals surface area (Å²) in [5.74, 6) is -0.889. The highest BCUT2D eigenvalue weighted by Crippen LogP contribution is 2.27. The Morgan fingerprint density at radius 2 is 2.11 bits per heavy atom. The molecule has 7 heteroatoms. The zero-order chi connectivity index (χ0) is 14.0. The second-order valence-corrected chi connectivity index (χ2v) is 5.09. The van der Waals surface area contributed by atoms with Gasteiger partial charge in [-0.15, -0.1) is 0 Å². The van der Waals surface area contributed by atoms with Crippen molar-refractivity contribution in [1.82, 2.24) is 4.90 Å². The molecule has 0 spiro atoms. The predicted molar refractivity (Wildman–Crippen MR) is 74.7 cm³/mol. The number of amides is 2. The van der Waals surface area contributed by atoms with Gasteiger partial charge in [0.2, 0.25) is 0 Å². The van der Waals surface area contributed by atoms with E-state index in [1.807, 2.05) is 0 Å². The molecular formula is C12H10BrClN2O3. The molecule has 2 N–H and O–H groups in total. The van der Waals surface area contributed by atoms with Crippen molar-refractivity contribution in [2.75, 3.05) is 18.5 Å². The summed E-state index contributed by atoms with van der Waals surface area (Å²) in [6.07, 6.45) is 1.21. The molecule has 100 valence electrons. The molecule has 5 nitrogen and oxygen atoms in total. The van der Waals surface area contributed by atoms with Crippen LogP contribution in [-0.2, 0) is 9.59 Å². The molecule has 0 unspecified atom stereocenters. The highest BCUT2D eigenvalue weighted by molar-refractivity contribution is 9.10. The lowest BCUT2D eigenvalue weighted by atomic mass is 10.3. The summed E-state index contributed by atoms with van der Waals surface area (Å²) in [4.78, 5) is 24.4. The second-order valence-electron chi connectivity index (χ2n) is 3.83. The van der Waals surface area contributed by atoms with E-state index in [-0.39, 0.29) is 18.8 Å². The molecule has 1 aromatic carbocycles. The Morgan fingerprint density at radius 1 is 1.37 bits per heavy atom. The first kappa shape index (κ1) is 14.0. The first-order valence-corrected chi connectivity index (χ1v) is 6.60. The van der Waals surface area contributed by atoms with Gasteiger partial charge in [-0.25, -0.2) is 0 Å². The van der Waals surface area contributed by atoms with Gasteiger partial charge in [0.05, 0.1) is 18.2 Å². The van der Waals surface area contributed by atoms with E-state index in [0.29, 0.717) is 15.2 Å². The molecule has 1 aromatic rings. The summed E-state index contributed by atoms with van der Waals surface area (Å²) in [5.41, 5.74) is 0.808. The number of nitrogens with zero attached hydrogens (tertiary/aromatic N) is 1. The van der Waals surface area contributed by atoms with E-state index >= 15 is 0 Å². The predicted octanol–water partition coefficient (Wildman–Crippen LogP) is 1.76. The van der Waals surface area contributed by atoms with E-state index in [2.05, 4.69) is 21.2 Å². The van der Waals surface area contributed by atoms with Crippen LogP contribution >= 0.6 is 27.5 Å². The van der Waals surface area contributed by atoms with Gasteiger partial charge in [0.15, 0.2) is 0 Å². The number of carbonyl (C=O) groups is 2. The zero-order valence-electron chi connectivity index (χ0n) is 9.69. The molecule has 2 amide bonds. The van der Waals surface area contributed by atoms with Crippen LogP contribution in [0.2, 0.25) is 5.02 Å². The molecule has 0 saturated heterocycles. The Morgan fingerprint density at radius 3 is 2.74 bits per heavy atom. The first-order chi connectivity index (χ1) is 9.02. The van der Waals surface area contributed by atoms with Crippen molar-refractivity contribution in [2.45, 2.75) is 0 Å². The smallest absolute Gasteiger partial charge is 0.277 e. The van der Waals surface area contributed by atoms with E-state index < -0.39 is 11.8 Å². The number of benzene rings is 1. The van der Waals surface area contributed by atoms with Crippen LogP contribution in [0, 0.1) is 0 Å². The minimum atomic E-state index is -0.454. The maximum Gasteiger partial charge on any atom is 0.277 e. The van der Waals surface area contributed by atoms with Crippen LogP contribution in [0.15, 0.2) is 34.4 Å². The molecule has 1 heterocycles. The third kappa shape index (κ3) is 2.97. The summed E-state index contributed by atoms with van der Waals surface area (Å²) in [6.45, 7) is -0.269.